The molecule has 0 heterocycles. The summed E-state index contributed by atoms with van der Waals surface area (Å²) < 4.78 is 23.3. The lowest BCUT2D eigenvalue weighted by molar-refractivity contribution is 0.190. The Morgan fingerprint density at radius 3 is 2.73 bits per heavy atom. The summed E-state index contributed by atoms with van der Waals surface area (Å²) in [5, 5.41) is 3.01. The van der Waals surface area contributed by atoms with Crippen LogP contribution in [-0.4, -0.2) is 26.9 Å². The number of rotatable bonds is 5. The molecule has 0 fully saturated rings. The van der Waals surface area contributed by atoms with Crippen molar-refractivity contribution in [2.45, 2.75) is 13.0 Å². The van der Waals surface area contributed by atoms with Gasteiger partial charge < -0.3 is 14.8 Å². The lowest BCUT2D eigenvalue weighted by Gasteiger charge is -2.15. The van der Waals surface area contributed by atoms with E-state index in [0.29, 0.717) is 18.0 Å². The fourth-order valence-electron chi connectivity index (χ4n) is 1.30. The van der Waals surface area contributed by atoms with Crippen LogP contribution < -0.4 is 10.1 Å². The SMILES string of the molecule is COC[C@H](C)Nc1cc(OC)ccc1F. The molecule has 3 nitrogen and oxygen atoms in total. The maximum Gasteiger partial charge on any atom is 0.146 e. The number of ether oxygens (including phenoxy) is 2. The van der Waals surface area contributed by atoms with Crippen LogP contribution in [0.5, 0.6) is 5.75 Å². The summed E-state index contributed by atoms with van der Waals surface area (Å²) in [4.78, 5) is 0. The molecule has 0 bridgehead atoms. The van der Waals surface area contributed by atoms with E-state index in [1.165, 1.54) is 6.07 Å². The molecule has 0 radical (unpaired) electrons. The van der Waals surface area contributed by atoms with Crippen molar-refractivity contribution in [2.75, 3.05) is 26.1 Å². The molecule has 1 atom stereocenters. The van der Waals surface area contributed by atoms with Gasteiger partial charge in [0.15, 0.2) is 0 Å². The van der Waals surface area contributed by atoms with Gasteiger partial charge in [-0.1, -0.05) is 0 Å². The van der Waals surface area contributed by atoms with Crippen molar-refractivity contribution in [3.05, 3.63) is 24.0 Å². The minimum atomic E-state index is -0.293. The number of methoxy groups -OCH3 is 2. The van der Waals surface area contributed by atoms with E-state index in [9.17, 15) is 4.39 Å². The summed E-state index contributed by atoms with van der Waals surface area (Å²) in [5.41, 5.74) is 0.430. The molecule has 0 saturated heterocycles. The first kappa shape index (κ1) is 11.8. The van der Waals surface area contributed by atoms with Gasteiger partial charge in [-0.05, 0) is 19.1 Å². The van der Waals surface area contributed by atoms with Gasteiger partial charge in [-0.3, -0.25) is 0 Å². The lowest BCUT2D eigenvalue weighted by atomic mass is 10.2. The third kappa shape index (κ3) is 3.40. The molecule has 0 unspecified atom stereocenters. The third-order valence-corrected chi connectivity index (χ3v) is 1.99. The second kappa shape index (κ2) is 5.56. The Kier molecular flexibility index (Phi) is 4.37. The van der Waals surface area contributed by atoms with Crippen LogP contribution in [0.25, 0.3) is 0 Å². The molecule has 15 heavy (non-hydrogen) atoms. The summed E-state index contributed by atoms with van der Waals surface area (Å²) in [6.45, 7) is 2.44. The molecule has 84 valence electrons. The van der Waals surface area contributed by atoms with Crippen molar-refractivity contribution < 1.29 is 13.9 Å². The summed E-state index contributed by atoms with van der Waals surface area (Å²) in [6, 6.07) is 4.64. The van der Waals surface area contributed by atoms with Crippen molar-refractivity contribution in [1.82, 2.24) is 0 Å². The van der Waals surface area contributed by atoms with E-state index < -0.39 is 0 Å². The summed E-state index contributed by atoms with van der Waals surface area (Å²) in [7, 11) is 3.16. The summed E-state index contributed by atoms with van der Waals surface area (Å²) in [5.74, 6) is 0.335. The molecule has 0 amide bonds. The monoisotopic (exact) mass is 213 g/mol. The van der Waals surface area contributed by atoms with Gasteiger partial charge in [-0.25, -0.2) is 4.39 Å². The fourth-order valence-corrected chi connectivity index (χ4v) is 1.30. The van der Waals surface area contributed by atoms with Crippen LogP contribution >= 0.6 is 0 Å². The highest BCUT2D eigenvalue weighted by molar-refractivity contribution is 5.50. The number of hydrogen-bond acceptors (Lipinski definition) is 3. The molecular formula is C11H16FNO2. The van der Waals surface area contributed by atoms with Gasteiger partial charge in [-0.15, -0.1) is 0 Å². The van der Waals surface area contributed by atoms with Gasteiger partial charge in [0.05, 0.1) is 19.4 Å². The molecule has 0 aliphatic carbocycles. The molecule has 0 spiro atoms. The predicted molar refractivity (Wildman–Crippen MR) is 57.9 cm³/mol. The van der Waals surface area contributed by atoms with Crippen LogP contribution in [0.4, 0.5) is 10.1 Å². The van der Waals surface area contributed by atoms with Crippen molar-refractivity contribution in [3.8, 4) is 5.75 Å². The molecular weight excluding hydrogens is 197 g/mol. The first-order valence-corrected chi connectivity index (χ1v) is 4.76. The largest absolute Gasteiger partial charge is 0.497 e. The zero-order chi connectivity index (χ0) is 11.3. The van der Waals surface area contributed by atoms with Crippen LogP contribution in [0.1, 0.15) is 6.92 Å². The third-order valence-electron chi connectivity index (χ3n) is 1.99. The van der Waals surface area contributed by atoms with Gasteiger partial charge in [0, 0.05) is 19.2 Å². The zero-order valence-corrected chi connectivity index (χ0v) is 9.21. The normalized spacial score (nSPS) is 12.3. The standard InChI is InChI=1S/C11H16FNO2/c1-8(7-14-2)13-11-6-9(15-3)4-5-10(11)12/h4-6,8,13H,7H2,1-3H3/t8-/m0/s1. The van der Waals surface area contributed by atoms with Gasteiger partial charge >= 0.3 is 0 Å². The Morgan fingerprint density at radius 1 is 1.40 bits per heavy atom. The van der Waals surface area contributed by atoms with E-state index in [2.05, 4.69) is 5.32 Å². The van der Waals surface area contributed by atoms with Gasteiger partial charge in [-0.2, -0.15) is 0 Å². The van der Waals surface area contributed by atoms with Crippen LogP contribution in [0.2, 0.25) is 0 Å². The van der Waals surface area contributed by atoms with Crippen LogP contribution in [0, 0.1) is 5.82 Å². The molecule has 0 saturated carbocycles. The molecule has 0 aliphatic rings. The second-order valence-corrected chi connectivity index (χ2v) is 3.35. The zero-order valence-electron chi connectivity index (χ0n) is 9.21. The Morgan fingerprint density at radius 2 is 2.13 bits per heavy atom. The van der Waals surface area contributed by atoms with E-state index in [1.807, 2.05) is 6.92 Å². The van der Waals surface area contributed by atoms with E-state index in [-0.39, 0.29) is 11.9 Å². The Bertz CT molecular complexity index is 317. The topological polar surface area (TPSA) is 30.5 Å². The van der Waals surface area contributed by atoms with Gasteiger partial charge in [0.2, 0.25) is 0 Å². The van der Waals surface area contributed by atoms with Gasteiger partial charge in [0.1, 0.15) is 11.6 Å². The highest BCUT2D eigenvalue weighted by atomic mass is 19.1. The van der Waals surface area contributed by atoms with E-state index in [1.54, 1.807) is 26.4 Å². The minimum absolute atomic E-state index is 0.0524. The maximum absolute atomic E-state index is 13.3. The molecule has 1 rings (SSSR count). The summed E-state index contributed by atoms with van der Waals surface area (Å²) in [6.07, 6.45) is 0. The predicted octanol–water partition coefficient (Wildman–Crippen LogP) is 2.28. The molecule has 0 aromatic heterocycles. The van der Waals surface area contributed by atoms with Crippen LogP contribution in [0.15, 0.2) is 18.2 Å². The summed E-state index contributed by atoms with van der Waals surface area (Å²) >= 11 is 0. The minimum Gasteiger partial charge on any atom is -0.497 e. The van der Waals surface area contributed by atoms with Crippen molar-refractivity contribution in [2.24, 2.45) is 0 Å². The van der Waals surface area contributed by atoms with E-state index in [4.69, 9.17) is 9.47 Å². The molecule has 1 aromatic carbocycles. The number of nitrogens with one attached hydrogen (secondary N) is 1. The second-order valence-electron chi connectivity index (χ2n) is 3.35. The quantitative estimate of drug-likeness (QED) is 0.814. The maximum atomic E-state index is 13.3. The van der Waals surface area contributed by atoms with Crippen molar-refractivity contribution in [3.63, 3.8) is 0 Å². The highest BCUT2D eigenvalue weighted by Gasteiger charge is 2.07. The van der Waals surface area contributed by atoms with Crippen LogP contribution in [-0.2, 0) is 4.74 Å². The van der Waals surface area contributed by atoms with Gasteiger partial charge in [0.25, 0.3) is 0 Å². The molecule has 1 N–H and O–H groups in total. The average Bonchev–Trinajstić information content (AvgIpc) is 2.21. The van der Waals surface area contributed by atoms with Crippen LogP contribution in [0.3, 0.4) is 0 Å². The molecule has 0 aliphatic heterocycles. The number of hydrogen-bond donors (Lipinski definition) is 1. The van der Waals surface area contributed by atoms with Crippen molar-refractivity contribution >= 4 is 5.69 Å². The number of anilines is 1. The first-order valence-electron chi connectivity index (χ1n) is 4.76. The Labute approximate surface area is 89.2 Å². The molecule has 4 heteroatoms. The number of halogens is 1. The average molecular weight is 213 g/mol. The van der Waals surface area contributed by atoms with E-state index in [0.717, 1.165) is 0 Å². The number of benzene rings is 1. The molecule has 1 aromatic rings. The van der Waals surface area contributed by atoms with E-state index >= 15 is 0 Å². The first-order chi connectivity index (χ1) is 7.17. The van der Waals surface area contributed by atoms with Crippen molar-refractivity contribution in [1.29, 1.82) is 0 Å². The fraction of sp³-hybridized carbons (Fsp3) is 0.455. The Balaban J connectivity index is 2.74. The lowest BCUT2D eigenvalue weighted by Crippen LogP contribution is -2.21. The highest BCUT2D eigenvalue weighted by Crippen LogP contribution is 2.21. The smallest absolute Gasteiger partial charge is 0.146 e. The Hall–Kier alpha value is -1.29.